The van der Waals surface area contributed by atoms with Crippen LogP contribution in [0.1, 0.15) is 20.3 Å². The fourth-order valence-electron chi connectivity index (χ4n) is 1.03. The summed E-state index contributed by atoms with van der Waals surface area (Å²) in [4.78, 5) is 0. The number of hydrogen-bond acceptors (Lipinski definition) is 3. The summed E-state index contributed by atoms with van der Waals surface area (Å²) in [7, 11) is 0. The highest BCUT2D eigenvalue weighted by Crippen LogP contribution is 2.17. The van der Waals surface area contributed by atoms with E-state index in [4.69, 9.17) is 14.6 Å². The first kappa shape index (κ1) is 9.96. The van der Waals surface area contributed by atoms with E-state index < -0.39 is 0 Å². The first-order valence-corrected chi connectivity index (χ1v) is 4.44. The normalized spacial score (nSPS) is 24.8. The van der Waals surface area contributed by atoms with Gasteiger partial charge in [0.05, 0.1) is 25.9 Å². The Morgan fingerprint density at radius 1 is 1.58 bits per heavy atom. The number of aliphatic hydroxyl groups is 1. The van der Waals surface area contributed by atoms with Gasteiger partial charge in [0.1, 0.15) is 0 Å². The van der Waals surface area contributed by atoms with Gasteiger partial charge in [0.15, 0.2) is 0 Å². The molecule has 0 radical (unpaired) electrons. The van der Waals surface area contributed by atoms with E-state index in [1.165, 1.54) is 0 Å². The molecule has 1 rings (SSSR count). The largest absolute Gasteiger partial charge is 0.396 e. The van der Waals surface area contributed by atoms with Gasteiger partial charge in [-0.3, -0.25) is 0 Å². The molecule has 72 valence electrons. The summed E-state index contributed by atoms with van der Waals surface area (Å²) >= 11 is 0. The summed E-state index contributed by atoms with van der Waals surface area (Å²) in [5.41, 5.74) is -0.122. The molecular formula is C9H18O3. The van der Waals surface area contributed by atoms with Gasteiger partial charge in [0, 0.05) is 12.0 Å². The van der Waals surface area contributed by atoms with Crippen LogP contribution in [-0.2, 0) is 9.47 Å². The lowest BCUT2D eigenvalue weighted by Crippen LogP contribution is -2.27. The third-order valence-electron chi connectivity index (χ3n) is 2.03. The molecule has 1 aliphatic rings. The maximum atomic E-state index is 8.96. The van der Waals surface area contributed by atoms with Crippen molar-refractivity contribution in [1.82, 2.24) is 0 Å². The average molecular weight is 174 g/mol. The Balaban J connectivity index is 2.15. The molecule has 0 aromatic rings. The quantitative estimate of drug-likeness (QED) is 0.685. The average Bonchev–Trinajstić information content (AvgIpc) is 2.53. The van der Waals surface area contributed by atoms with Crippen LogP contribution in [0.3, 0.4) is 0 Å². The Kier molecular flexibility index (Phi) is 3.50. The second-order valence-corrected chi connectivity index (χ2v) is 4.12. The molecule has 0 aromatic heterocycles. The molecule has 12 heavy (non-hydrogen) atoms. The molecule has 0 aliphatic carbocycles. The molecule has 0 spiro atoms. The molecule has 1 saturated heterocycles. The fourth-order valence-corrected chi connectivity index (χ4v) is 1.03. The van der Waals surface area contributed by atoms with Crippen LogP contribution >= 0.6 is 0 Å². The second-order valence-electron chi connectivity index (χ2n) is 4.12. The van der Waals surface area contributed by atoms with Gasteiger partial charge in [-0.05, 0) is 6.42 Å². The molecule has 0 aromatic carbocycles. The lowest BCUT2D eigenvalue weighted by molar-refractivity contribution is -0.0198. The van der Waals surface area contributed by atoms with Crippen molar-refractivity contribution < 1.29 is 14.6 Å². The van der Waals surface area contributed by atoms with Crippen molar-refractivity contribution in [3.63, 3.8) is 0 Å². The topological polar surface area (TPSA) is 38.7 Å². The number of aliphatic hydroxyl groups excluding tert-OH is 1. The summed E-state index contributed by atoms with van der Waals surface area (Å²) in [5, 5.41) is 8.96. The Bertz CT molecular complexity index is 128. The fraction of sp³-hybridized carbons (Fsp3) is 1.00. The molecule has 0 bridgehead atoms. The molecule has 1 fully saturated rings. The minimum atomic E-state index is -0.122. The predicted octanol–water partition coefficient (Wildman–Crippen LogP) is 0.810. The van der Waals surface area contributed by atoms with E-state index in [1.54, 1.807) is 0 Å². The Morgan fingerprint density at radius 3 is 2.83 bits per heavy atom. The van der Waals surface area contributed by atoms with Gasteiger partial charge in [-0.15, -0.1) is 0 Å². The number of hydrogen-bond donors (Lipinski definition) is 1. The minimum absolute atomic E-state index is 0.122. The lowest BCUT2D eigenvalue weighted by atomic mass is 9.96. The highest BCUT2D eigenvalue weighted by molar-refractivity contribution is 4.69. The van der Waals surface area contributed by atoms with Gasteiger partial charge in [-0.2, -0.15) is 0 Å². The summed E-state index contributed by atoms with van der Waals surface area (Å²) in [6.45, 7) is 6.27. The molecule has 1 unspecified atom stereocenters. The molecule has 1 atom stereocenters. The highest BCUT2D eigenvalue weighted by Gasteiger charge is 2.22. The van der Waals surface area contributed by atoms with Crippen molar-refractivity contribution in [2.45, 2.75) is 26.4 Å². The third-order valence-corrected chi connectivity index (χ3v) is 2.03. The van der Waals surface area contributed by atoms with Gasteiger partial charge in [0.2, 0.25) is 0 Å². The van der Waals surface area contributed by atoms with E-state index in [0.717, 1.165) is 13.0 Å². The van der Waals surface area contributed by atoms with E-state index >= 15 is 0 Å². The zero-order valence-corrected chi connectivity index (χ0v) is 7.88. The molecule has 0 amide bonds. The Hall–Kier alpha value is -0.120. The van der Waals surface area contributed by atoms with Gasteiger partial charge in [-0.1, -0.05) is 13.8 Å². The minimum Gasteiger partial charge on any atom is -0.396 e. The standard InChI is InChI=1S/C9H18O3/c1-9(2,6-10)7-12-8-3-4-11-5-8/h8,10H,3-7H2,1-2H3. The van der Waals surface area contributed by atoms with Crippen molar-refractivity contribution >= 4 is 0 Å². The smallest absolute Gasteiger partial charge is 0.0830 e. The van der Waals surface area contributed by atoms with Crippen LogP contribution in [0.25, 0.3) is 0 Å². The molecule has 3 nitrogen and oxygen atoms in total. The lowest BCUT2D eigenvalue weighted by Gasteiger charge is -2.23. The Labute approximate surface area is 73.7 Å². The predicted molar refractivity (Wildman–Crippen MR) is 46.0 cm³/mol. The summed E-state index contributed by atoms with van der Waals surface area (Å²) in [5.74, 6) is 0. The van der Waals surface area contributed by atoms with E-state index in [-0.39, 0.29) is 18.1 Å². The first-order chi connectivity index (χ1) is 5.64. The molecule has 0 saturated carbocycles. The number of rotatable bonds is 4. The van der Waals surface area contributed by atoms with E-state index in [2.05, 4.69) is 0 Å². The maximum Gasteiger partial charge on any atom is 0.0830 e. The van der Waals surface area contributed by atoms with Crippen molar-refractivity contribution in [3.05, 3.63) is 0 Å². The van der Waals surface area contributed by atoms with Gasteiger partial charge >= 0.3 is 0 Å². The van der Waals surface area contributed by atoms with E-state index in [0.29, 0.717) is 13.2 Å². The van der Waals surface area contributed by atoms with Crippen molar-refractivity contribution in [3.8, 4) is 0 Å². The summed E-state index contributed by atoms with van der Waals surface area (Å²) < 4.78 is 10.7. The first-order valence-electron chi connectivity index (χ1n) is 4.44. The zero-order chi connectivity index (χ0) is 9.03. The van der Waals surface area contributed by atoms with Gasteiger partial charge < -0.3 is 14.6 Å². The van der Waals surface area contributed by atoms with Crippen LogP contribution in [0.15, 0.2) is 0 Å². The van der Waals surface area contributed by atoms with Crippen LogP contribution in [0.4, 0.5) is 0 Å². The second kappa shape index (κ2) is 4.21. The van der Waals surface area contributed by atoms with Crippen LogP contribution in [0.5, 0.6) is 0 Å². The van der Waals surface area contributed by atoms with Crippen molar-refractivity contribution in [1.29, 1.82) is 0 Å². The summed E-state index contributed by atoms with van der Waals surface area (Å²) in [6, 6.07) is 0. The highest BCUT2D eigenvalue weighted by atomic mass is 16.5. The SMILES string of the molecule is CC(C)(CO)COC1CCOC1. The molecule has 1 N–H and O–H groups in total. The summed E-state index contributed by atoms with van der Waals surface area (Å²) in [6.07, 6.45) is 1.23. The van der Waals surface area contributed by atoms with Crippen molar-refractivity contribution in [2.24, 2.45) is 5.41 Å². The van der Waals surface area contributed by atoms with E-state index in [9.17, 15) is 0 Å². The molecule has 1 heterocycles. The van der Waals surface area contributed by atoms with Crippen LogP contribution in [-0.4, -0.2) is 37.6 Å². The van der Waals surface area contributed by atoms with Crippen LogP contribution in [0, 0.1) is 5.41 Å². The van der Waals surface area contributed by atoms with E-state index in [1.807, 2.05) is 13.8 Å². The van der Waals surface area contributed by atoms with Gasteiger partial charge in [0.25, 0.3) is 0 Å². The molecule has 1 aliphatic heterocycles. The van der Waals surface area contributed by atoms with Crippen LogP contribution in [0.2, 0.25) is 0 Å². The monoisotopic (exact) mass is 174 g/mol. The maximum absolute atomic E-state index is 8.96. The zero-order valence-electron chi connectivity index (χ0n) is 7.88. The third kappa shape index (κ3) is 3.09. The van der Waals surface area contributed by atoms with Crippen molar-refractivity contribution in [2.75, 3.05) is 26.4 Å². The molecule has 3 heteroatoms. The Morgan fingerprint density at radius 2 is 2.33 bits per heavy atom. The molecular weight excluding hydrogens is 156 g/mol. The van der Waals surface area contributed by atoms with Crippen LogP contribution < -0.4 is 0 Å². The number of ether oxygens (including phenoxy) is 2. The van der Waals surface area contributed by atoms with Gasteiger partial charge in [-0.25, -0.2) is 0 Å².